The summed E-state index contributed by atoms with van der Waals surface area (Å²) in [5, 5.41) is 14.5. The number of carboxylic acid groups (broad SMARTS) is 1. The Morgan fingerprint density at radius 2 is 1.83 bits per heavy atom. The largest absolute Gasteiger partial charge is 0.573 e. The number of rotatable bonds is 8. The molecule has 2 aromatic carbocycles. The van der Waals surface area contributed by atoms with Crippen molar-refractivity contribution >= 4 is 33.1 Å². The average Bonchev–Trinajstić information content (AvgIpc) is 3.44. The van der Waals surface area contributed by atoms with Crippen LogP contribution in [-0.2, 0) is 11.3 Å². The third-order valence-electron chi connectivity index (χ3n) is 8.30. The van der Waals surface area contributed by atoms with Crippen molar-refractivity contribution in [1.82, 2.24) is 5.16 Å². The molecule has 3 fully saturated rings. The Kier molecular flexibility index (Phi) is 6.46. The number of aromatic nitrogens is 1. The molecule has 0 radical (unpaired) electrons. The van der Waals surface area contributed by atoms with E-state index in [0.717, 1.165) is 54.3 Å². The number of thiophene rings is 1. The fraction of sp³-hybridized carbons (Fsp3) is 0.400. The number of halogens is 3. The first-order valence-electron chi connectivity index (χ1n) is 13.7. The number of para-hydroxylation sites is 1. The number of piperidine rings is 1. The molecule has 2 saturated heterocycles. The fourth-order valence-electron chi connectivity index (χ4n) is 6.40. The fourth-order valence-corrected chi connectivity index (χ4v) is 7.28. The molecule has 41 heavy (non-hydrogen) atoms. The molecule has 2 aliphatic heterocycles. The van der Waals surface area contributed by atoms with Crippen LogP contribution < -0.4 is 9.64 Å². The third-order valence-corrected chi connectivity index (χ3v) is 9.40. The molecule has 7 rings (SSSR count). The van der Waals surface area contributed by atoms with Crippen LogP contribution in [0.4, 0.5) is 18.9 Å². The molecule has 1 aliphatic carbocycles. The second kappa shape index (κ2) is 10.1. The molecule has 2 unspecified atom stereocenters. The van der Waals surface area contributed by atoms with Gasteiger partial charge < -0.3 is 24.0 Å². The molecular weight excluding hydrogens is 557 g/mol. The summed E-state index contributed by atoms with van der Waals surface area (Å²) in [7, 11) is 0. The van der Waals surface area contributed by atoms with Gasteiger partial charge in [-0.15, -0.1) is 24.5 Å². The Morgan fingerprint density at radius 1 is 1.07 bits per heavy atom. The van der Waals surface area contributed by atoms with E-state index in [1.165, 1.54) is 23.5 Å². The van der Waals surface area contributed by atoms with Gasteiger partial charge in [-0.3, -0.25) is 0 Å². The van der Waals surface area contributed by atoms with Crippen LogP contribution in [0.1, 0.15) is 65.4 Å². The lowest BCUT2D eigenvalue weighted by molar-refractivity contribution is -0.274. The number of hydrogen-bond acceptors (Lipinski definition) is 7. The summed E-state index contributed by atoms with van der Waals surface area (Å²) >= 11 is 1.28. The molecule has 3 aliphatic rings. The number of anilines is 1. The van der Waals surface area contributed by atoms with Crippen molar-refractivity contribution in [2.75, 3.05) is 4.90 Å². The summed E-state index contributed by atoms with van der Waals surface area (Å²) in [6, 6.07) is 14.4. The van der Waals surface area contributed by atoms with Gasteiger partial charge in [0.25, 0.3) is 0 Å². The van der Waals surface area contributed by atoms with E-state index in [1.54, 1.807) is 18.2 Å². The second-order valence-electron chi connectivity index (χ2n) is 11.0. The molecule has 1 saturated carbocycles. The van der Waals surface area contributed by atoms with Gasteiger partial charge in [-0.25, -0.2) is 4.79 Å². The Morgan fingerprint density at radius 3 is 2.54 bits per heavy atom. The van der Waals surface area contributed by atoms with Gasteiger partial charge in [-0.1, -0.05) is 17.3 Å². The van der Waals surface area contributed by atoms with Crippen molar-refractivity contribution in [3.8, 4) is 17.0 Å². The van der Waals surface area contributed by atoms with Gasteiger partial charge in [0.15, 0.2) is 0 Å². The number of hydrogen-bond donors (Lipinski definition) is 1. The van der Waals surface area contributed by atoms with Gasteiger partial charge in [0.2, 0.25) is 0 Å². The zero-order valence-corrected chi connectivity index (χ0v) is 22.7. The molecule has 214 valence electrons. The summed E-state index contributed by atoms with van der Waals surface area (Å²) in [5.74, 6) is -0.339. The number of fused-ring (bicyclic) bond motifs is 3. The molecule has 11 heteroatoms. The highest BCUT2D eigenvalue weighted by Gasteiger charge is 2.42. The Labute approximate surface area is 237 Å². The van der Waals surface area contributed by atoms with Crippen molar-refractivity contribution in [2.45, 2.75) is 75.6 Å². The molecule has 4 heterocycles. The van der Waals surface area contributed by atoms with E-state index in [1.807, 2.05) is 6.07 Å². The van der Waals surface area contributed by atoms with Crippen molar-refractivity contribution in [1.29, 1.82) is 0 Å². The third kappa shape index (κ3) is 5.17. The molecule has 2 bridgehead atoms. The topological polar surface area (TPSA) is 85.0 Å². The van der Waals surface area contributed by atoms with Crippen LogP contribution in [0, 0.1) is 0 Å². The first-order valence-corrected chi connectivity index (χ1v) is 14.6. The van der Waals surface area contributed by atoms with Gasteiger partial charge in [0, 0.05) is 39.5 Å². The zero-order chi connectivity index (χ0) is 28.3. The van der Waals surface area contributed by atoms with E-state index in [-0.39, 0.29) is 29.9 Å². The predicted octanol–water partition coefficient (Wildman–Crippen LogP) is 7.75. The van der Waals surface area contributed by atoms with E-state index >= 15 is 0 Å². The minimum Gasteiger partial charge on any atom is -0.477 e. The summed E-state index contributed by atoms with van der Waals surface area (Å²) in [5.41, 5.74) is 2.34. The monoisotopic (exact) mass is 584 g/mol. The van der Waals surface area contributed by atoms with E-state index in [4.69, 9.17) is 9.26 Å². The number of benzene rings is 2. The molecule has 0 amide bonds. The minimum absolute atomic E-state index is 0.0105. The minimum atomic E-state index is -4.82. The summed E-state index contributed by atoms with van der Waals surface area (Å²) < 4.78 is 56.7. The van der Waals surface area contributed by atoms with Crippen molar-refractivity contribution in [3.05, 3.63) is 64.7 Å². The number of nitrogens with zero attached hydrogens (tertiary/aromatic N) is 2. The molecule has 7 nitrogen and oxygen atoms in total. The van der Waals surface area contributed by atoms with E-state index in [9.17, 15) is 23.1 Å². The zero-order valence-electron chi connectivity index (χ0n) is 21.9. The maximum absolute atomic E-state index is 13.1. The smallest absolute Gasteiger partial charge is 0.477 e. The van der Waals surface area contributed by atoms with E-state index in [0.29, 0.717) is 34.0 Å². The lowest BCUT2D eigenvalue weighted by atomic mass is 9.98. The highest BCUT2D eigenvalue weighted by atomic mass is 32.1. The van der Waals surface area contributed by atoms with Gasteiger partial charge in [-0.05, 0) is 80.3 Å². The Balaban J connectivity index is 1.09. The number of alkyl halides is 3. The normalized spacial score (nSPS) is 22.4. The number of carbonyl (C=O) groups is 1. The highest BCUT2D eigenvalue weighted by molar-refractivity contribution is 7.20. The lowest BCUT2D eigenvalue weighted by Crippen LogP contribution is -2.45. The van der Waals surface area contributed by atoms with E-state index in [2.05, 4.69) is 26.9 Å². The highest BCUT2D eigenvalue weighted by Crippen LogP contribution is 2.47. The number of aromatic carboxylic acids is 1. The van der Waals surface area contributed by atoms with Crippen molar-refractivity contribution < 1.29 is 37.1 Å². The summed E-state index contributed by atoms with van der Waals surface area (Å²) in [6.45, 7) is 0.202. The van der Waals surface area contributed by atoms with Gasteiger partial charge >= 0.3 is 12.3 Å². The molecule has 0 spiro atoms. The SMILES string of the molecule is O=C(O)c1cc2cc(N3C4CC[C@H]3CC(OCc3c(-c5ccccc5OC(F)(F)F)noc3C3CC3)C4)ccc2s1. The summed E-state index contributed by atoms with van der Waals surface area (Å²) in [4.78, 5) is 14.2. The van der Waals surface area contributed by atoms with Crippen LogP contribution in [0.5, 0.6) is 5.75 Å². The van der Waals surface area contributed by atoms with Gasteiger partial charge in [0.1, 0.15) is 22.1 Å². The van der Waals surface area contributed by atoms with E-state index < -0.39 is 12.3 Å². The number of ether oxygens (including phenoxy) is 2. The molecule has 4 aromatic rings. The first-order chi connectivity index (χ1) is 19.7. The van der Waals surface area contributed by atoms with Crippen molar-refractivity contribution in [3.63, 3.8) is 0 Å². The quantitative estimate of drug-likeness (QED) is 0.227. The maximum Gasteiger partial charge on any atom is 0.573 e. The second-order valence-corrected chi connectivity index (χ2v) is 12.1. The molecule has 1 N–H and O–H groups in total. The van der Waals surface area contributed by atoms with Gasteiger partial charge in [0.05, 0.1) is 12.7 Å². The molecular formula is C30H27F3N2O5S. The van der Waals surface area contributed by atoms with Crippen LogP contribution in [0.25, 0.3) is 21.3 Å². The number of carboxylic acids is 1. The van der Waals surface area contributed by atoms with Crippen LogP contribution in [0.2, 0.25) is 0 Å². The van der Waals surface area contributed by atoms with Gasteiger partial charge in [-0.2, -0.15) is 0 Å². The van der Waals surface area contributed by atoms with Crippen LogP contribution in [-0.4, -0.2) is 40.8 Å². The molecule has 3 atom stereocenters. The maximum atomic E-state index is 13.1. The lowest BCUT2D eigenvalue weighted by Gasteiger charge is -2.40. The van der Waals surface area contributed by atoms with Crippen molar-refractivity contribution in [2.24, 2.45) is 0 Å². The van der Waals surface area contributed by atoms with Crippen LogP contribution in [0.15, 0.2) is 53.1 Å². The predicted molar refractivity (Wildman–Crippen MR) is 146 cm³/mol. The molecule has 2 aromatic heterocycles. The summed E-state index contributed by atoms with van der Waals surface area (Å²) in [6.07, 6.45) is 0.804. The van der Waals surface area contributed by atoms with Crippen LogP contribution >= 0.6 is 11.3 Å². The average molecular weight is 585 g/mol. The first kappa shape index (κ1) is 26.3. The standard InChI is InChI=1S/C30H27F3N2O5S/c31-30(32,33)39-24-4-2-1-3-22(24)27-23(28(40-34-27)16-5-6-16)15-38-21-13-19-7-8-20(14-21)35(19)18-9-10-25-17(11-18)12-26(41-25)29(36)37/h1-4,9-12,16,19-21H,5-8,13-15H2,(H,36,37)/t19-,20?,21?/m0/s1. The Hall–Kier alpha value is -3.57. The van der Waals surface area contributed by atoms with Crippen LogP contribution in [0.3, 0.4) is 0 Å². The Bertz CT molecular complexity index is 1600.